The quantitative estimate of drug-likeness (QED) is 0.661. The second-order valence-electron chi connectivity index (χ2n) is 2.67. The number of nitrogens with zero attached hydrogens (tertiary/aromatic N) is 2. The van der Waals surface area contributed by atoms with E-state index in [1.54, 1.807) is 10.9 Å². The number of carbonyl (C=O) groups excluding carboxylic acids is 1. The normalized spacial score (nSPS) is 10.1. The van der Waals surface area contributed by atoms with Crippen molar-refractivity contribution in [1.82, 2.24) is 9.55 Å². The molecule has 72 valence electrons. The van der Waals surface area contributed by atoms with Gasteiger partial charge in [-0.05, 0) is 13.3 Å². The zero-order valence-corrected chi connectivity index (χ0v) is 8.20. The van der Waals surface area contributed by atoms with E-state index in [-0.39, 0.29) is 5.97 Å². The number of ether oxygens (including phenoxy) is 1. The molecule has 13 heavy (non-hydrogen) atoms. The summed E-state index contributed by atoms with van der Waals surface area (Å²) in [6.45, 7) is 4.67. The third kappa shape index (κ3) is 1.71. The van der Waals surface area contributed by atoms with Gasteiger partial charge in [0.05, 0.1) is 19.1 Å². The van der Waals surface area contributed by atoms with Crippen molar-refractivity contribution in [2.75, 3.05) is 7.11 Å². The maximum Gasteiger partial charge on any atom is 0.356 e. The van der Waals surface area contributed by atoms with Crippen molar-refractivity contribution >= 4 is 5.97 Å². The van der Waals surface area contributed by atoms with E-state index in [9.17, 15) is 4.79 Å². The fraction of sp³-hybridized carbons (Fsp3) is 0.556. The molecule has 1 heterocycles. The molecular formula is C9H14N2O2. The van der Waals surface area contributed by atoms with Crippen molar-refractivity contribution in [3.63, 3.8) is 0 Å². The highest BCUT2D eigenvalue weighted by Crippen LogP contribution is 2.09. The average molecular weight is 182 g/mol. The van der Waals surface area contributed by atoms with Crippen LogP contribution in [0, 0.1) is 0 Å². The Morgan fingerprint density at radius 2 is 2.31 bits per heavy atom. The van der Waals surface area contributed by atoms with Gasteiger partial charge in [0.25, 0.3) is 0 Å². The van der Waals surface area contributed by atoms with Crippen molar-refractivity contribution in [3.8, 4) is 0 Å². The molecule has 0 saturated carbocycles. The number of aromatic nitrogens is 2. The van der Waals surface area contributed by atoms with Crippen LogP contribution in [0.1, 0.15) is 30.0 Å². The molecule has 0 radical (unpaired) electrons. The van der Waals surface area contributed by atoms with Gasteiger partial charge >= 0.3 is 5.97 Å². The van der Waals surface area contributed by atoms with Crippen LogP contribution in [0.4, 0.5) is 0 Å². The standard InChI is InChI=1S/C9H14N2O2/c1-4-7-8(9(12)13-3)11(5-2)6-10-7/h6H,4-5H2,1-3H3. The van der Waals surface area contributed by atoms with Crippen LogP contribution in [0.15, 0.2) is 6.33 Å². The lowest BCUT2D eigenvalue weighted by Crippen LogP contribution is -2.11. The van der Waals surface area contributed by atoms with Gasteiger partial charge in [0.1, 0.15) is 0 Å². The number of hydrogen-bond donors (Lipinski definition) is 0. The minimum Gasteiger partial charge on any atom is -0.464 e. The molecular weight excluding hydrogens is 168 g/mol. The Balaban J connectivity index is 3.12. The van der Waals surface area contributed by atoms with Crippen molar-refractivity contribution < 1.29 is 9.53 Å². The summed E-state index contributed by atoms with van der Waals surface area (Å²) in [5.41, 5.74) is 1.38. The lowest BCUT2D eigenvalue weighted by molar-refractivity contribution is 0.0587. The summed E-state index contributed by atoms with van der Waals surface area (Å²) in [5, 5.41) is 0. The van der Waals surface area contributed by atoms with Gasteiger partial charge in [0, 0.05) is 6.54 Å². The Labute approximate surface area is 77.5 Å². The predicted molar refractivity (Wildman–Crippen MR) is 48.6 cm³/mol. The fourth-order valence-corrected chi connectivity index (χ4v) is 1.25. The molecule has 0 bridgehead atoms. The maximum absolute atomic E-state index is 11.4. The lowest BCUT2D eigenvalue weighted by Gasteiger charge is -2.04. The molecule has 1 aromatic heterocycles. The van der Waals surface area contributed by atoms with Gasteiger partial charge in [-0.15, -0.1) is 0 Å². The zero-order chi connectivity index (χ0) is 9.84. The maximum atomic E-state index is 11.4. The van der Waals surface area contributed by atoms with E-state index in [0.717, 1.165) is 18.7 Å². The van der Waals surface area contributed by atoms with E-state index in [2.05, 4.69) is 9.72 Å². The Hall–Kier alpha value is -1.32. The molecule has 0 fully saturated rings. The number of imidazole rings is 1. The number of hydrogen-bond acceptors (Lipinski definition) is 3. The largest absolute Gasteiger partial charge is 0.464 e. The fourth-order valence-electron chi connectivity index (χ4n) is 1.25. The molecule has 0 N–H and O–H groups in total. The summed E-state index contributed by atoms with van der Waals surface area (Å²) in [6.07, 6.45) is 2.42. The van der Waals surface area contributed by atoms with Gasteiger partial charge in [-0.1, -0.05) is 6.92 Å². The molecule has 1 rings (SSSR count). The molecule has 4 nitrogen and oxygen atoms in total. The van der Waals surface area contributed by atoms with Crippen LogP contribution in [0.3, 0.4) is 0 Å². The first-order chi connectivity index (χ1) is 6.24. The Bertz CT molecular complexity index is 283. The molecule has 0 aliphatic heterocycles. The van der Waals surface area contributed by atoms with Gasteiger partial charge in [0.15, 0.2) is 5.69 Å². The van der Waals surface area contributed by atoms with Crippen molar-refractivity contribution in [2.24, 2.45) is 0 Å². The topological polar surface area (TPSA) is 44.1 Å². The predicted octanol–water partition coefficient (Wildman–Crippen LogP) is 1.25. The van der Waals surface area contributed by atoms with Crippen LogP contribution in [0.2, 0.25) is 0 Å². The minimum atomic E-state index is -0.309. The first-order valence-corrected chi connectivity index (χ1v) is 4.36. The summed E-state index contributed by atoms with van der Waals surface area (Å²) in [4.78, 5) is 15.5. The smallest absolute Gasteiger partial charge is 0.356 e. The molecule has 0 aliphatic carbocycles. The zero-order valence-electron chi connectivity index (χ0n) is 8.20. The number of rotatable bonds is 3. The third-order valence-electron chi connectivity index (χ3n) is 1.97. The van der Waals surface area contributed by atoms with Gasteiger partial charge in [-0.3, -0.25) is 0 Å². The Morgan fingerprint density at radius 3 is 2.77 bits per heavy atom. The molecule has 0 aliphatic rings. The summed E-state index contributed by atoms with van der Waals surface area (Å²) < 4.78 is 6.48. The second-order valence-corrected chi connectivity index (χ2v) is 2.67. The lowest BCUT2D eigenvalue weighted by atomic mass is 10.2. The third-order valence-corrected chi connectivity index (χ3v) is 1.97. The van der Waals surface area contributed by atoms with Gasteiger partial charge in [-0.2, -0.15) is 0 Å². The second kappa shape index (κ2) is 4.07. The molecule has 1 aromatic rings. The van der Waals surface area contributed by atoms with E-state index in [4.69, 9.17) is 0 Å². The monoisotopic (exact) mass is 182 g/mol. The van der Waals surface area contributed by atoms with E-state index in [0.29, 0.717) is 5.69 Å². The van der Waals surface area contributed by atoms with Gasteiger partial charge < -0.3 is 9.30 Å². The van der Waals surface area contributed by atoms with Crippen LogP contribution in [-0.4, -0.2) is 22.6 Å². The van der Waals surface area contributed by atoms with Crippen LogP contribution in [-0.2, 0) is 17.7 Å². The molecule has 0 atom stereocenters. The number of methoxy groups -OCH3 is 1. The van der Waals surface area contributed by atoms with Crippen molar-refractivity contribution in [3.05, 3.63) is 17.7 Å². The van der Waals surface area contributed by atoms with E-state index in [1.165, 1.54) is 7.11 Å². The van der Waals surface area contributed by atoms with Gasteiger partial charge in [-0.25, -0.2) is 9.78 Å². The molecule has 0 unspecified atom stereocenters. The SMILES string of the molecule is CCc1ncn(CC)c1C(=O)OC. The first kappa shape index (κ1) is 9.77. The van der Waals surface area contributed by atoms with Gasteiger partial charge in [0.2, 0.25) is 0 Å². The first-order valence-electron chi connectivity index (χ1n) is 4.36. The van der Waals surface area contributed by atoms with Crippen LogP contribution < -0.4 is 0 Å². The Kier molecular flexibility index (Phi) is 3.06. The molecule has 0 spiro atoms. The summed E-state index contributed by atoms with van der Waals surface area (Å²) >= 11 is 0. The van der Waals surface area contributed by atoms with Crippen molar-refractivity contribution in [1.29, 1.82) is 0 Å². The van der Waals surface area contributed by atoms with Crippen LogP contribution in [0.5, 0.6) is 0 Å². The molecule has 4 heteroatoms. The number of carbonyl (C=O) groups is 1. The molecule has 0 aromatic carbocycles. The van der Waals surface area contributed by atoms with E-state index >= 15 is 0 Å². The summed E-state index contributed by atoms with van der Waals surface area (Å²) in [6, 6.07) is 0. The number of esters is 1. The molecule has 0 amide bonds. The van der Waals surface area contributed by atoms with E-state index < -0.39 is 0 Å². The van der Waals surface area contributed by atoms with Crippen LogP contribution in [0.25, 0.3) is 0 Å². The number of aryl methyl sites for hydroxylation is 2. The summed E-state index contributed by atoms with van der Waals surface area (Å²) in [7, 11) is 1.38. The van der Waals surface area contributed by atoms with E-state index in [1.807, 2.05) is 13.8 Å². The highest BCUT2D eigenvalue weighted by Gasteiger charge is 2.16. The Morgan fingerprint density at radius 1 is 1.62 bits per heavy atom. The average Bonchev–Trinajstić information content (AvgIpc) is 2.59. The van der Waals surface area contributed by atoms with Crippen LogP contribution >= 0.6 is 0 Å². The summed E-state index contributed by atoms with van der Waals surface area (Å²) in [5.74, 6) is -0.309. The van der Waals surface area contributed by atoms with Crippen molar-refractivity contribution in [2.45, 2.75) is 26.8 Å². The minimum absolute atomic E-state index is 0.309. The molecule has 0 saturated heterocycles. The highest BCUT2D eigenvalue weighted by atomic mass is 16.5. The highest BCUT2D eigenvalue weighted by molar-refractivity contribution is 5.88.